The fraction of sp³-hybridized carbons (Fsp3) is 0.875. The van der Waals surface area contributed by atoms with E-state index < -0.39 is 48.4 Å². The lowest BCUT2D eigenvalue weighted by Crippen LogP contribution is -2.66. The van der Waals surface area contributed by atoms with E-state index in [1.54, 1.807) is 4.74 Å². The Morgan fingerprint density at radius 1 is 0.593 bits per heavy atom. The molecule has 1 atom stereocenters. The van der Waals surface area contributed by atoms with Gasteiger partial charge in [0.15, 0.2) is 0 Å². The van der Waals surface area contributed by atoms with Crippen molar-refractivity contribution in [2.45, 2.75) is 42.5 Å². The van der Waals surface area contributed by atoms with Crippen molar-refractivity contribution in [1.82, 2.24) is 0 Å². The summed E-state index contributed by atoms with van der Waals surface area (Å²) in [5, 5.41) is 7.67. The monoisotopic (exact) mass is 446 g/mol. The number of rotatable bonds is 7. The predicted molar refractivity (Wildman–Crippen MR) is 45.5 cm³/mol. The number of alkyl halides is 15. The quantitative estimate of drug-likeness (QED) is 0.593. The third kappa shape index (κ3) is 4.43. The SMILES string of the molecule is O=C(O)C(F)(F)OC(F)(F)C(F)(OC(F)(F)C(F)(F)C(F)(F)F)C(F)(F)F. The highest BCUT2D eigenvalue weighted by Crippen LogP contribution is 2.55. The number of ether oxygens (including phenoxy) is 2. The van der Waals surface area contributed by atoms with Crippen LogP contribution in [0.3, 0.4) is 0 Å². The molecule has 0 aliphatic rings. The highest BCUT2D eigenvalue weighted by atomic mass is 19.4. The number of carboxylic acid groups (broad SMARTS) is 1. The van der Waals surface area contributed by atoms with Crippen LogP contribution in [0.2, 0.25) is 0 Å². The summed E-state index contributed by atoms with van der Waals surface area (Å²) in [6.45, 7) is 0. The maximum atomic E-state index is 13.4. The average Bonchev–Trinajstić information content (AvgIpc) is 2.33. The van der Waals surface area contributed by atoms with Crippen molar-refractivity contribution in [2.24, 2.45) is 0 Å². The van der Waals surface area contributed by atoms with Crippen molar-refractivity contribution in [3.63, 3.8) is 0 Å². The number of carbonyl (C=O) groups is 1. The zero-order valence-electron chi connectivity index (χ0n) is 11.3. The molecule has 0 fully saturated rings. The van der Waals surface area contributed by atoms with E-state index in [1.807, 2.05) is 0 Å². The van der Waals surface area contributed by atoms with Crippen LogP contribution in [0.25, 0.3) is 0 Å². The molecular weight excluding hydrogens is 445 g/mol. The Balaban J connectivity index is 6.33. The van der Waals surface area contributed by atoms with Crippen LogP contribution in [0.1, 0.15) is 0 Å². The first-order valence-corrected chi connectivity index (χ1v) is 5.33. The molecule has 0 aliphatic heterocycles. The van der Waals surface area contributed by atoms with Crippen LogP contribution in [0.5, 0.6) is 0 Å². The Bertz CT molecular complexity index is 563. The van der Waals surface area contributed by atoms with Crippen molar-refractivity contribution in [3.8, 4) is 0 Å². The molecule has 1 unspecified atom stereocenters. The Morgan fingerprint density at radius 2 is 0.963 bits per heavy atom. The van der Waals surface area contributed by atoms with E-state index in [0.717, 1.165) is 0 Å². The molecule has 0 aromatic carbocycles. The number of hydrogen-bond donors (Lipinski definition) is 1. The summed E-state index contributed by atoms with van der Waals surface area (Å²) in [6.07, 6.45) is -37.0. The van der Waals surface area contributed by atoms with Gasteiger partial charge in [0.25, 0.3) is 0 Å². The summed E-state index contributed by atoms with van der Waals surface area (Å²) in [4.78, 5) is 9.78. The molecule has 0 aromatic heterocycles. The molecule has 0 radical (unpaired) electrons. The molecule has 0 amide bonds. The van der Waals surface area contributed by atoms with Crippen molar-refractivity contribution >= 4 is 5.97 Å². The molecule has 4 nitrogen and oxygen atoms in total. The molecule has 162 valence electrons. The van der Waals surface area contributed by atoms with E-state index in [9.17, 15) is 70.7 Å². The van der Waals surface area contributed by atoms with Crippen LogP contribution in [0.15, 0.2) is 0 Å². The third-order valence-corrected chi connectivity index (χ3v) is 2.23. The first kappa shape index (κ1) is 25.3. The second-order valence-electron chi connectivity index (χ2n) is 4.22. The van der Waals surface area contributed by atoms with E-state index in [1.165, 1.54) is 4.74 Å². The van der Waals surface area contributed by atoms with Gasteiger partial charge in [-0.05, 0) is 0 Å². The fourth-order valence-electron chi connectivity index (χ4n) is 0.958. The van der Waals surface area contributed by atoms with Gasteiger partial charge in [0.05, 0.1) is 0 Å². The highest BCUT2D eigenvalue weighted by Gasteiger charge is 2.84. The molecule has 0 aliphatic carbocycles. The molecule has 0 aromatic rings. The summed E-state index contributed by atoms with van der Waals surface area (Å²) >= 11 is 0. The molecule has 1 N–H and O–H groups in total. The molecule has 0 heterocycles. The molecular formula is C8HF15O4. The average molecular weight is 446 g/mol. The minimum Gasteiger partial charge on any atom is -0.475 e. The lowest BCUT2D eigenvalue weighted by Gasteiger charge is -2.38. The minimum absolute atomic E-state index is 1.28. The molecule has 27 heavy (non-hydrogen) atoms. The molecule has 0 bridgehead atoms. The number of carboxylic acids is 1. The standard InChI is InChI=1S/C8HF15O4/c9-2(10,1(24)25)26-8(22,23)4(13,6(17,18)19)27-7(20,21)3(11,12)5(14,15)16/h(H,24,25). The van der Waals surface area contributed by atoms with Crippen LogP contribution < -0.4 is 0 Å². The van der Waals surface area contributed by atoms with E-state index in [-0.39, 0.29) is 0 Å². The van der Waals surface area contributed by atoms with Crippen molar-refractivity contribution in [1.29, 1.82) is 0 Å². The summed E-state index contributed by atoms with van der Waals surface area (Å²) in [5.41, 5.74) is 0. The van der Waals surface area contributed by atoms with Crippen molar-refractivity contribution < 1.29 is 85.2 Å². The Morgan fingerprint density at radius 3 is 1.22 bits per heavy atom. The van der Waals surface area contributed by atoms with Crippen LogP contribution >= 0.6 is 0 Å². The molecule has 0 rings (SSSR count). The van der Waals surface area contributed by atoms with Crippen molar-refractivity contribution in [2.75, 3.05) is 0 Å². The fourth-order valence-corrected chi connectivity index (χ4v) is 0.958. The summed E-state index contributed by atoms with van der Waals surface area (Å²) < 4.78 is 189. The van der Waals surface area contributed by atoms with E-state index in [4.69, 9.17) is 5.11 Å². The van der Waals surface area contributed by atoms with Gasteiger partial charge >= 0.3 is 48.4 Å². The van der Waals surface area contributed by atoms with Crippen LogP contribution in [-0.2, 0) is 14.3 Å². The predicted octanol–water partition coefficient (Wildman–Crippen LogP) is 4.31. The summed E-state index contributed by atoms with van der Waals surface area (Å²) in [5.74, 6) is -19.4. The molecule has 0 saturated heterocycles. The summed E-state index contributed by atoms with van der Waals surface area (Å²) in [7, 11) is 0. The number of hydrogen-bond acceptors (Lipinski definition) is 3. The maximum Gasteiger partial charge on any atom is 0.462 e. The smallest absolute Gasteiger partial charge is 0.462 e. The van der Waals surface area contributed by atoms with Crippen LogP contribution in [0.4, 0.5) is 65.9 Å². The number of aliphatic carboxylic acids is 1. The van der Waals surface area contributed by atoms with E-state index in [2.05, 4.69) is 0 Å². The van der Waals surface area contributed by atoms with Gasteiger partial charge < -0.3 is 5.11 Å². The van der Waals surface area contributed by atoms with Gasteiger partial charge in [-0.2, -0.15) is 65.9 Å². The van der Waals surface area contributed by atoms with Gasteiger partial charge in [0, 0.05) is 0 Å². The van der Waals surface area contributed by atoms with E-state index >= 15 is 0 Å². The van der Waals surface area contributed by atoms with Gasteiger partial charge in [0.2, 0.25) is 0 Å². The van der Waals surface area contributed by atoms with E-state index in [0.29, 0.717) is 0 Å². The van der Waals surface area contributed by atoms with Crippen LogP contribution in [0, 0.1) is 0 Å². The molecule has 19 heteroatoms. The normalized spacial score (nSPS) is 17.6. The first-order chi connectivity index (χ1) is 11.4. The zero-order chi connectivity index (χ0) is 22.5. The summed E-state index contributed by atoms with van der Waals surface area (Å²) in [6, 6.07) is 0. The number of halogens is 15. The largest absolute Gasteiger partial charge is 0.475 e. The lowest BCUT2D eigenvalue weighted by atomic mass is 10.2. The third-order valence-electron chi connectivity index (χ3n) is 2.23. The second kappa shape index (κ2) is 6.45. The maximum absolute atomic E-state index is 13.4. The Kier molecular flexibility index (Phi) is 6.05. The first-order valence-electron chi connectivity index (χ1n) is 5.33. The molecule has 0 spiro atoms. The van der Waals surface area contributed by atoms with Gasteiger partial charge in [-0.1, -0.05) is 0 Å². The van der Waals surface area contributed by atoms with Gasteiger partial charge in [-0.15, -0.1) is 0 Å². The minimum atomic E-state index is -7.79. The lowest BCUT2D eigenvalue weighted by molar-refractivity contribution is -0.546. The Hall–Kier alpha value is -1.66. The second-order valence-corrected chi connectivity index (χ2v) is 4.22. The van der Waals surface area contributed by atoms with Gasteiger partial charge in [-0.25, -0.2) is 9.53 Å². The Labute approximate surface area is 135 Å². The zero-order valence-corrected chi connectivity index (χ0v) is 11.3. The highest BCUT2D eigenvalue weighted by molar-refractivity contribution is 5.73. The topological polar surface area (TPSA) is 55.8 Å². The van der Waals surface area contributed by atoms with Gasteiger partial charge in [0.1, 0.15) is 0 Å². The van der Waals surface area contributed by atoms with Crippen molar-refractivity contribution in [3.05, 3.63) is 0 Å². The van der Waals surface area contributed by atoms with Crippen LogP contribution in [-0.4, -0.2) is 53.5 Å². The van der Waals surface area contributed by atoms with Gasteiger partial charge in [-0.3, -0.25) is 4.74 Å². The molecule has 0 saturated carbocycles.